The van der Waals surface area contributed by atoms with E-state index >= 15 is 0 Å². The lowest BCUT2D eigenvalue weighted by Crippen LogP contribution is -2.21. The summed E-state index contributed by atoms with van der Waals surface area (Å²) < 4.78 is 4.50. The molecule has 0 saturated carbocycles. The van der Waals surface area contributed by atoms with Crippen molar-refractivity contribution in [2.75, 3.05) is 0 Å². The highest BCUT2D eigenvalue weighted by Gasteiger charge is 2.35. The Hall–Kier alpha value is -3.15. The molecule has 3 rings (SSSR count). The van der Waals surface area contributed by atoms with E-state index in [2.05, 4.69) is 4.74 Å². The maximum atomic E-state index is 12.4. The molecule has 0 amide bonds. The largest absolute Gasteiger partial charge is 0.507 e. The van der Waals surface area contributed by atoms with Crippen molar-refractivity contribution >= 4 is 18.0 Å². The van der Waals surface area contributed by atoms with E-state index in [4.69, 9.17) is 0 Å². The molecule has 1 aliphatic rings. The van der Waals surface area contributed by atoms with Crippen molar-refractivity contribution in [3.63, 3.8) is 0 Å². The molecule has 2 aromatic rings. The summed E-state index contributed by atoms with van der Waals surface area (Å²) in [6.07, 6.45) is 0. The molecule has 0 radical (unpaired) electrons. The summed E-state index contributed by atoms with van der Waals surface area (Å²) in [4.78, 5) is 35.2. The lowest BCUT2D eigenvalue weighted by molar-refractivity contribution is -0.120. The van der Waals surface area contributed by atoms with Gasteiger partial charge in [0.1, 0.15) is 5.75 Å². The molecule has 0 aliphatic heterocycles. The molecule has 2 aromatic carbocycles. The lowest BCUT2D eigenvalue weighted by Gasteiger charge is -2.20. The summed E-state index contributed by atoms with van der Waals surface area (Å²) in [5.41, 5.74) is -0.397. The summed E-state index contributed by atoms with van der Waals surface area (Å²) in [6, 6.07) is 7.00. The summed E-state index contributed by atoms with van der Waals surface area (Å²) >= 11 is 0. The predicted molar refractivity (Wildman–Crippen MR) is 69.8 cm³/mol. The highest BCUT2D eigenvalue weighted by atomic mass is 16.5. The zero-order valence-corrected chi connectivity index (χ0v) is 10.5. The van der Waals surface area contributed by atoms with Crippen LogP contribution in [0.15, 0.2) is 30.3 Å². The smallest absolute Gasteiger partial charge is 0.298 e. The van der Waals surface area contributed by atoms with Crippen LogP contribution in [0.5, 0.6) is 17.2 Å². The molecule has 0 heterocycles. The first kappa shape index (κ1) is 12.9. The van der Waals surface area contributed by atoms with Crippen LogP contribution in [0, 0.1) is 0 Å². The van der Waals surface area contributed by atoms with Gasteiger partial charge in [-0.15, -0.1) is 0 Å². The second kappa shape index (κ2) is 4.45. The number of hydrogen-bond donors (Lipinski definition) is 2. The Labute approximate surface area is 118 Å². The standard InChI is InChI=1S/C15H8O6/c16-6-21-10-5-9(17)11-12(15(10)20)14(19)8-4-2-1-3-7(8)13(11)18/h1-6,17,20H. The van der Waals surface area contributed by atoms with Crippen LogP contribution in [0.2, 0.25) is 0 Å². The number of carbonyl (C=O) groups excluding carboxylic acids is 3. The molecule has 6 heteroatoms. The van der Waals surface area contributed by atoms with E-state index in [1.165, 1.54) is 12.1 Å². The fourth-order valence-electron chi connectivity index (χ4n) is 2.38. The SMILES string of the molecule is O=COc1cc(O)c2c(c1O)C(=O)c1ccccc1C2=O. The number of phenolic OH excluding ortho intramolecular Hbond substituents is 2. The van der Waals surface area contributed by atoms with Gasteiger partial charge in [0.25, 0.3) is 6.47 Å². The molecule has 0 bridgehead atoms. The first-order valence-corrected chi connectivity index (χ1v) is 5.94. The lowest BCUT2D eigenvalue weighted by atomic mass is 9.83. The average molecular weight is 284 g/mol. The van der Waals surface area contributed by atoms with Gasteiger partial charge in [-0.1, -0.05) is 24.3 Å². The molecular formula is C15H8O6. The summed E-state index contributed by atoms with van der Waals surface area (Å²) in [5.74, 6) is -2.77. The fraction of sp³-hybridized carbons (Fsp3) is 0. The van der Waals surface area contributed by atoms with Crippen molar-refractivity contribution in [1.82, 2.24) is 0 Å². The van der Waals surface area contributed by atoms with Gasteiger partial charge in [-0.05, 0) is 0 Å². The van der Waals surface area contributed by atoms with Crippen molar-refractivity contribution in [2.24, 2.45) is 0 Å². The number of ether oxygens (including phenoxy) is 1. The Kier molecular flexibility index (Phi) is 2.72. The third-order valence-electron chi connectivity index (χ3n) is 3.29. The number of phenols is 2. The Balaban J connectivity index is 2.35. The van der Waals surface area contributed by atoms with E-state index in [1.54, 1.807) is 12.1 Å². The Bertz CT molecular complexity index is 806. The average Bonchev–Trinajstić information content (AvgIpc) is 2.48. The van der Waals surface area contributed by atoms with Gasteiger partial charge in [0.05, 0.1) is 11.1 Å². The minimum Gasteiger partial charge on any atom is -0.507 e. The molecule has 0 aromatic heterocycles. The van der Waals surface area contributed by atoms with Crippen LogP contribution in [0.25, 0.3) is 0 Å². The number of ketones is 2. The third-order valence-corrected chi connectivity index (χ3v) is 3.29. The van der Waals surface area contributed by atoms with Gasteiger partial charge in [0, 0.05) is 17.2 Å². The molecule has 1 aliphatic carbocycles. The van der Waals surface area contributed by atoms with Crippen molar-refractivity contribution in [3.8, 4) is 17.2 Å². The molecule has 0 unspecified atom stereocenters. The number of aromatic hydroxyl groups is 2. The molecule has 104 valence electrons. The first-order valence-electron chi connectivity index (χ1n) is 5.94. The molecule has 6 nitrogen and oxygen atoms in total. The van der Waals surface area contributed by atoms with Gasteiger partial charge in [-0.2, -0.15) is 0 Å². The molecule has 0 spiro atoms. The van der Waals surface area contributed by atoms with Crippen LogP contribution in [-0.2, 0) is 4.79 Å². The van der Waals surface area contributed by atoms with Crippen molar-refractivity contribution in [2.45, 2.75) is 0 Å². The van der Waals surface area contributed by atoms with Gasteiger partial charge >= 0.3 is 0 Å². The predicted octanol–water partition coefficient (Wildman–Crippen LogP) is 1.41. The van der Waals surface area contributed by atoms with Crippen molar-refractivity contribution < 1.29 is 29.3 Å². The van der Waals surface area contributed by atoms with Gasteiger partial charge in [-0.25, -0.2) is 0 Å². The quantitative estimate of drug-likeness (QED) is 0.545. The van der Waals surface area contributed by atoms with Crippen LogP contribution in [-0.4, -0.2) is 28.3 Å². The second-order valence-corrected chi connectivity index (χ2v) is 4.41. The number of carbonyl (C=O) groups is 3. The normalized spacial score (nSPS) is 12.6. The molecule has 0 fully saturated rings. The summed E-state index contributed by atoms with van der Waals surface area (Å²) in [7, 11) is 0. The fourth-order valence-corrected chi connectivity index (χ4v) is 2.38. The van der Waals surface area contributed by atoms with Crippen LogP contribution in [0.1, 0.15) is 31.8 Å². The van der Waals surface area contributed by atoms with E-state index in [0.29, 0.717) is 0 Å². The van der Waals surface area contributed by atoms with Crippen LogP contribution in [0.3, 0.4) is 0 Å². The number of hydrogen-bond acceptors (Lipinski definition) is 6. The van der Waals surface area contributed by atoms with Crippen molar-refractivity contribution in [1.29, 1.82) is 0 Å². The van der Waals surface area contributed by atoms with E-state index in [-0.39, 0.29) is 34.5 Å². The maximum Gasteiger partial charge on any atom is 0.298 e. The summed E-state index contributed by atoms with van der Waals surface area (Å²) in [5, 5.41) is 20.0. The Morgan fingerprint density at radius 3 is 2.10 bits per heavy atom. The molecule has 21 heavy (non-hydrogen) atoms. The number of benzene rings is 2. The van der Waals surface area contributed by atoms with Crippen LogP contribution in [0.4, 0.5) is 0 Å². The molecular weight excluding hydrogens is 276 g/mol. The monoisotopic (exact) mass is 284 g/mol. The minimum absolute atomic E-state index is 0.0456. The van der Waals surface area contributed by atoms with E-state index in [9.17, 15) is 24.6 Å². The maximum absolute atomic E-state index is 12.4. The van der Waals surface area contributed by atoms with Gasteiger partial charge in [0.2, 0.25) is 0 Å². The van der Waals surface area contributed by atoms with Crippen molar-refractivity contribution in [3.05, 3.63) is 52.6 Å². The first-order chi connectivity index (χ1) is 10.1. The van der Waals surface area contributed by atoms with E-state index in [1.807, 2.05) is 0 Å². The zero-order valence-electron chi connectivity index (χ0n) is 10.5. The summed E-state index contributed by atoms with van der Waals surface area (Å²) in [6.45, 7) is 0.0456. The number of rotatable bonds is 2. The zero-order chi connectivity index (χ0) is 15.1. The van der Waals surface area contributed by atoms with Gasteiger partial charge < -0.3 is 14.9 Å². The Morgan fingerprint density at radius 1 is 0.952 bits per heavy atom. The molecule has 0 atom stereocenters. The second-order valence-electron chi connectivity index (χ2n) is 4.41. The topological polar surface area (TPSA) is 101 Å². The van der Waals surface area contributed by atoms with E-state index < -0.39 is 23.1 Å². The highest BCUT2D eigenvalue weighted by Crippen LogP contribution is 2.43. The van der Waals surface area contributed by atoms with Crippen LogP contribution < -0.4 is 4.74 Å². The highest BCUT2D eigenvalue weighted by molar-refractivity contribution is 6.30. The van der Waals surface area contributed by atoms with Gasteiger partial charge in [-0.3, -0.25) is 14.4 Å². The molecule has 2 N–H and O–H groups in total. The number of fused-ring (bicyclic) bond motifs is 2. The minimum atomic E-state index is -0.650. The van der Waals surface area contributed by atoms with Crippen LogP contribution >= 0.6 is 0 Å². The van der Waals surface area contributed by atoms with Gasteiger partial charge in [0.15, 0.2) is 23.1 Å². The third kappa shape index (κ3) is 1.69. The molecule has 0 saturated heterocycles. The Morgan fingerprint density at radius 2 is 1.52 bits per heavy atom. The van der Waals surface area contributed by atoms with E-state index in [0.717, 1.165) is 6.07 Å².